The van der Waals surface area contributed by atoms with Gasteiger partial charge in [0.2, 0.25) is 5.12 Å². The molecule has 0 bridgehead atoms. The van der Waals surface area contributed by atoms with Crippen LogP contribution in [0.5, 0.6) is 5.75 Å². The number of nitro groups is 1. The standard InChI is InChI=1S/C15H13Cl2NO4S/c1-8-11(16)3-4-12(13(8)17)22-9-5-6-15(2,18(20)21)10(7-9)14(19)23/h3-7,10H,1-2H3,(H,19,23). The number of hydrogen-bond acceptors (Lipinski definition) is 4. The Bertz CT molecular complexity index is 747. The summed E-state index contributed by atoms with van der Waals surface area (Å²) >= 11 is 15.9. The molecule has 122 valence electrons. The molecule has 0 N–H and O–H groups in total. The second-order valence-corrected chi connectivity index (χ2v) is 6.51. The number of thiol groups is 1. The van der Waals surface area contributed by atoms with E-state index in [1.807, 2.05) is 0 Å². The zero-order chi connectivity index (χ0) is 17.4. The quantitative estimate of drug-likeness (QED) is 0.486. The fourth-order valence-electron chi connectivity index (χ4n) is 2.15. The van der Waals surface area contributed by atoms with E-state index in [1.54, 1.807) is 19.1 Å². The molecule has 0 spiro atoms. The van der Waals surface area contributed by atoms with Crippen molar-refractivity contribution >= 4 is 40.9 Å². The fourth-order valence-corrected chi connectivity index (χ4v) is 2.89. The third kappa shape index (κ3) is 3.39. The summed E-state index contributed by atoms with van der Waals surface area (Å²) in [7, 11) is 0. The van der Waals surface area contributed by atoms with Gasteiger partial charge in [-0.25, -0.2) is 0 Å². The zero-order valence-electron chi connectivity index (χ0n) is 12.2. The SMILES string of the molecule is Cc1c(Cl)ccc(OC2=CC(C(=O)S)C(C)([N+](=O)[O-])C=C2)c1Cl. The van der Waals surface area contributed by atoms with Crippen molar-refractivity contribution < 1.29 is 14.5 Å². The van der Waals surface area contributed by atoms with Crippen LogP contribution >= 0.6 is 35.8 Å². The van der Waals surface area contributed by atoms with E-state index in [9.17, 15) is 14.9 Å². The number of carbonyl (C=O) groups is 1. The molecule has 0 heterocycles. The number of halogens is 2. The monoisotopic (exact) mass is 373 g/mol. The van der Waals surface area contributed by atoms with E-state index in [0.29, 0.717) is 21.4 Å². The van der Waals surface area contributed by atoms with Crippen LogP contribution < -0.4 is 4.74 Å². The van der Waals surface area contributed by atoms with Gasteiger partial charge in [-0.2, -0.15) is 0 Å². The molecule has 0 saturated carbocycles. The summed E-state index contributed by atoms with van der Waals surface area (Å²) in [6.07, 6.45) is 4.13. The maximum atomic E-state index is 11.7. The Kier molecular flexibility index (Phi) is 5.08. The number of hydrogen-bond donors (Lipinski definition) is 1. The largest absolute Gasteiger partial charge is 0.456 e. The van der Waals surface area contributed by atoms with Gasteiger partial charge in [0.05, 0.1) is 5.02 Å². The van der Waals surface area contributed by atoms with E-state index < -0.39 is 21.5 Å². The van der Waals surface area contributed by atoms with Crippen LogP contribution in [-0.4, -0.2) is 15.6 Å². The molecule has 0 aliphatic heterocycles. The van der Waals surface area contributed by atoms with Crippen molar-refractivity contribution in [1.82, 2.24) is 0 Å². The average molecular weight is 374 g/mol. The van der Waals surface area contributed by atoms with Crippen molar-refractivity contribution in [3.8, 4) is 5.75 Å². The molecule has 1 aliphatic rings. The molecule has 8 heteroatoms. The zero-order valence-corrected chi connectivity index (χ0v) is 14.7. The normalized spacial score (nSPS) is 23.3. The van der Waals surface area contributed by atoms with Crippen molar-refractivity contribution in [1.29, 1.82) is 0 Å². The minimum Gasteiger partial charge on any atom is -0.456 e. The Labute approximate surface area is 148 Å². The number of rotatable bonds is 4. The van der Waals surface area contributed by atoms with Crippen LogP contribution in [0, 0.1) is 23.0 Å². The molecular weight excluding hydrogens is 361 g/mol. The maximum absolute atomic E-state index is 11.7. The maximum Gasteiger partial charge on any atom is 0.252 e. The van der Waals surface area contributed by atoms with Crippen molar-refractivity contribution in [3.63, 3.8) is 0 Å². The van der Waals surface area contributed by atoms with Gasteiger partial charge in [-0.15, -0.1) is 12.6 Å². The van der Waals surface area contributed by atoms with E-state index in [0.717, 1.165) is 0 Å². The number of allylic oxidation sites excluding steroid dienone is 1. The average Bonchev–Trinajstić information content (AvgIpc) is 2.49. The Balaban J connectivity index is 2.36. The van der Waals surface area contributed by atoms with Crippen LogP contribution in [0.3, 0.4) is 0 Å². The third-order valence-electron chi connectivity index (χ3n) is 3.72. The molecule has 0 aromatic heterocycles. The van der Waals surface area contributed by atoms with E-state index in [1.165, 1.54) is 25.2 Å². The predicted octanol–water partition coefficient (Wildman–Crippen LogP) is 4.24. The van der Waals surface area contributed by atoms with Crippen LogP contribution in [0.2, 0.25) is 10.0 Å². The first kappa shape index (κ1) is 17.8. The highest BCUT2D eigenvalue weighted by Crippen LogP contribution is 2.36. The van der Waals surface area contributed by atoms with Crippen molar-refractivity contribution in [3.05, 3.63) is 61.8 Å². The van der Waals surface area contributed by atoms with Gasteiger partial charge < -0.3 is 4.74 Å². The molecule has 0 amide bonds. The Morgan fingerprint density at radius 1 is 1.43 bits per heavy atom. The molecule has 2 rings (SSSR count). The molecule has 23 heavy (non-hydrogen) atoms. The summed E-state index contributed by atoms with van der Waals surface area (Å²) in [6, 6.07) is 3.22. The molecule has 1 aromatic carbocycles. The van der Waals surface area contributed by atoms with Gasteiger partial charge >= 0.3 is 0 Å². The molecule has 1 aromatic rings. The first-order chi connectivity index (χ1) is 10.7. The van der Waals surface area contributed by atoms with Crippen molar-refractivity contribution in [2.24, 2.45) is 5.92 Å². The molecule has 2 unspecified atom stereocenters. The summed E-state index contributed by atoms with van der Waals surface area (Å²) in [6.45, 7) is 3.10. The van der Waals surface area contributed by atoms with E-state index in [4.69, 9.17) is 27.9 Å². The summed E-state index contributed by atoms with van der Waals surface area (Å²) in [4.78, 5) is 22.4. The van der Waals surface area contributed by atoms with Crippen molar-refractivity contribution in [2.45, 2.75) is 19.4 Å². The van der Waals surface area contributed by atoms with Gasteiger partial charge in [-0.05, 0) is 42.8 Å². The van der Waals surface area contributed by atoms with Crippen molar-refractivity contribution in [2.75, 3.05) is 0 Å². The van der Waals surface area contributed by atoms with Crippen LogP contribution in [0.4, 0.5) is 0 Å². The van der Waals surface area contributed by atoms with Gasteiger partial charge in [-0.3, -0.25) is 14.9 Å². The van der Waals surface area contributed by atoms with Crippen LogP contribution in [0.1, 0.15) is 12.5 Å². The Morgan fingerprint density at radius 2 is 2.09 bits per heavy atom. The lowest BCUT2D eigenvalue weighted by Crippen LogP contribution is -2.44. The molecule has 5 nitrogen and oxygen atoms in total. The summed E-state index contributed by atoms with van der Waals surface area (Å²) in [5.74, 6) is -0.423. The van der Waals surface area contributed by atoms with Gasteiger partial charge in [0.15, 0.2) is 0 Å². The number of nitrogens with zero attached hydrogens (tertiary/aromatic N) is 1. The fraction of sp³-hybridized carbons (Fsp3) is 0.267. The minimum atomic E-state index is -1.56. The highest BCUT2D eigenvalue weighted by molar-refractivity contribution is 7.96. The van der Waals surface area contributed by atoms with E-state index >= 15 is 0 Å². The van der Waals surface area contributed by atoms with Crippen LogP contribution in [0.25, 0.3) is 0 Å². The molecule has 0 radical (unpaired) electrons. The number of ether oxygens (including phenoxy) is 1. The summed E-state index contributed by atoms with van der Waals surface area (Å²) < 4.78 is 5.65. The van der Waals surface area contributed by atoms with Crippen LogP contribution in [-0.2, 0) is 4.79 Å². The lowest BCUT2D eigenvalue weighted by atomic mass is 9.83. The van der Waals surface area contributed by atoms with Gasteiger partial charge in [0, 0.05) is 16.9 Å². The Hall–Kier alpha value is -1.50. The molecule has 0 saturated heterocycles. The first-order valence-electron chi connectivity index (χ1n) is 6.57. The number of carbonyl (C=O) groups excluding carboxylic acids is 1. The highest BCUT2D eigenvalue weighted by atomic mass is 35.5. The molecular formula is C15H13Cl2NO4S. The summed E-state index contributed by atoms with van der Waals surface area (Å²) in [5, 5.41) is 11.5. The molecule has 1 aliphatic carbocycles. The van der Waals surface area contributed by atoms with Gasteiger partial charge in [0.1, 0.15) is 17.4 Å². The van der Waals surface area contributed by atoms with Crippen LogP contribution in [0.15, 0.2) is 36.1 Å². The first-order valence-corrected chi connectivity index (χ1v) is 7.78. The van der Waals surface area contributed by atoms with Gasteiger partial charge in [0.25, 0.3) is 5.54 Å². The minimum absolute atomic E-state index is 0.278. The second kappa shape index (κ2) is 6.55. The van der Waals surface area contributed by atoms with Gasteiger partial charge in [-0.1, -0.05) is 23.2 Å². The Morgan fingerprint density at radius 3 is 2.65 bits per heavy atom. The van der Waals surface area contributed by atoms with E-state index in [-0.39, 0.29) is 5.76 Å². The lowest BCUT2D eigenvalue weighted by Gasteiger charge is -2.26. The second-order valence-electron chi connectivity index (χ2n) is 5.29. The highest BCUT2D eigenvalue weighted by Gasteiger charge is 2.47. The summed E-state index contributed by atoms with van der Waals surface area (Å²) in [5.41, 5.74) is -0.908. The lowest BCUT2D eigenvalue weighted by molar-refractivity contribution is -0.555. The third-order valence-corrected chi connectivity index (χ3v) is 4.88. The topological polar surface area (TPSA) is 69.4 Å². The van der Waals surface area contributed by atoms with E-state index in [2.05, 4.69) is 12.6 Å². The predicted molar refractivity (Wildman–Crippen MR) is 91.9 cm³/mol. The smallest absolute Gasteiger partial charge is 0.252 e. The molecule has 0 fully saturated rings. The molecule has 2 atom stereocenters. The number of benzene rings is 1.